The number of likely N-dealkylation sites (tertiary alicyclic amines) is 1. The summed E-state index contributed by atoms with van der Waals surface area (Å²) in [4.78, 5) is 14.7. The maximum Gasteiger partial charge on any atom is 0.222 e. The highest BCUT2D eigenvalue weighted by Gasteiger charge is 2.34. The van der Waals surface area contributed by atoms with Crippen LogP contribution in [-0.2, 0) is 11.2 Å². The lowest BCUT2D eigenvalue weighted by molar-refractivity contribution is -0.130. The summed E-state index contributed by atoms with van der Waals surface area (Å²) < 4.78 is 5.19. The summed E-state index contributed by atoms with van der Waals surface area (Å²) in [6.45, 7) is 2.22. The van der Waals surface area contributed by atoms with E-state index in [0.717, 1.165) is 44.5 Å². The number of carbonyl (C=O) groups is 1. The number of carbonyl (C=O) groups excluding carboxylic acids is 1. The Bertz CT molecular complexity index is 730. The van der Waals surface area contributed by atoms with Gasteiger partial charge in [-0.2, -0.15) is 0 Å². The van der Waals surface area contributed by atoms with Crippen LogP contribution in [0.15, 0.2) is 54.6 Å². The lowest BCUT2D eigenvalue weighted by Gasteiger charge is -2.17. The van der Waals surface area contributed by atoms with Crippen LogP contribution in [-0.4, -0.2) is 37.6 Å². The number of amides is 1. The van der Waals surface area contributed by atoms with E-state index >= 15 is 0 Å². The Morgan fingerprint density at radius 2 is 1.79 bits per heavy atom. The summed E-state index contributed by atoms with van der Waals surface area (Å²) in [5.41, 5.74) is 8.61. The van der Waals surface area contributed by atoms with Crippen molar-refractivity contribution in [2.45, 2.75) is 38.0 Å². The second kappa shape index (κ2) is 10.3. The standard InChI is InChI=1S/C24H32N2O2/c1-28-22-14-12-19(13-15-22)8-4-2-7-11-24(27)26-17-21(16-25)23(18-26)20-9-5-3-6-10-20/h3,5-6,9-10,12-15,21,23H,2,4,7-8,11,16-18,25H2,1H3/t21-,23+/m1/s1. The zero-order valence-corrected chi connectivity index (χ0v) is 16.8. The van der Waals surface area contributed by atoms with Gasteiger partial charge in [0.2, 0.25) is 5.91 Å². The van der Waals surface area contributed by atoms with Crippen molar-refractivity contribution in [2.75, 3.05) is 26.7 Å². The van der Waals surface area contributed by atoms with Crippen molar-refractivity contribution in [3.05, 3.63) is 65.7 Å². The fourth-order valence-electron chi connectivity index (χ4n) is 4.12. The van der Waals surface area contributed by atoms with Crippen LogP contribution in [0.1, 0.15) is 42.7 Å². The molecule has 1 heterocycles. The smallest absolute Gasteiger partial charge is 0.222 e. The molecule has 0 spiro atoms. The predicted molar refractivity (Wildman–Crippen MR) is 113 cm³/mol. The number of aryl methyl sites for hydroxylation is 1. The Kier molecular flexibility index (Phi) is 7.49. The van der Waals surface area contributed by atoms with Crippen LogP contribution in [0.3, 0.4) is 0 Å². The van der Waals surface area contributed by atoms with E-state index < -0.39 is 0 Å². The zero-order chi connectivity index (χ0) is 19.8. The van der Waals surface area contributed by atoms with Crippen LogP contribution >= 0.6 is 0 Å². The Hall–Kier alpha value is -2.33. The Labute approximate surface area is 168 Å². The first-order valence-corrected chi connectivity index (χ1v) is 10.4. The third-order valence-electron chi connectivity index (χ3n) is 5.84. The van der Waals surface area contributed by atoms with Crippen molar-refractivity contribution in [1.82, 2.24) is 4.90 Å². The minimum Gasteiger partial charge on any atom is -0.497 e. The first kappa shape index (κ1) is 20.4. The van der Waals surface area contributed by atoms with E-state index in [2.05, 4.69) is 36.4 Å². The van der Waals surface area contributed by atoms with Crippen LogP contribution in [0, 0.1) is 5.92 Å². The molecule has 2 aromatic rings. The maximum atomic E-state index is 12.7. The molecule has 2 N–H and O–H groups in total. The number of rotatable bonds is 9. The molecule has 150 valence electrons. The molecule has 0 unspecified atom stereocenters. The molecule has 0 bridgehead atoms. The summed E-state index contributed by atoms with van der Waals surface area (Å²) in [5, 5.41) is 0. The van der Waals surface area contributed by atoms with Gasteiger partial charge in [-0.1, -0.05) is 48.9 Å². The molecule has 0 aromatic heterocycles. The van der Waals surface area contributed by atoms with Crippen LogP contribution in [0.25, 0.3) is 0 Å². The van der Waals surface area contributed by atoms with Crippen LogP contribution in [0.4, 0.5) is 0 Å². The minimum atomic E-state index is 0.279. The minimum absolute atomic E-state index is 0.279. The Balaban J connectivity index is 1.40. The van der Waals surface area contributed by atoms with Gasteiger partial charge in [0, 0.05) is 25.4 Å². The van der Waals surface area contributed by atoms with Crippen molar-refractivity contribution < 1.29 is 9.53 Å². The van der Waals surface area contributed by atoms with Crippen LogP contribution < -0.4 is 10.5 Å². The van der Waals surface area contributed by atoms with E-state index in [-0.39, 0.29) is 5.91 Å². The van der Waals surface area contributed by atoms with E-state index in [1.165, 1.54) is 11.1 Å². The van der Waals surface area contributed by atoms with Crippen molar-refractivity contribution >= 4 is 5.91 Å². The van der Waals surface area contributed by atoms with Gasteiger partial charge in [0.15, 0.2) is 0 Å². The van der Waals surface area contributed by atoms with E-state index in [9.17, 15) is 4.79 Å². The van der Waals surface area contributed by atoms with Gasteiger partial charge in [-0.25, -0.2) is 0 Å². The van der Waals surface area contributed by atoms with Gasteiger partial charge < -0.3 is 15.4 Å². The van der Waals surface area contributed by atoms with Gasteiger partial charge in [-0.05, 0) is 55.0 Å². The highest BCUT2D eigenvalue weighted by atomic mass is 16.5. The fraction of sp³-hybridized carbons (Fsp3) is 0.458. The van der Waals surface area contributed by atoms with Gasteiger partial charge >= 0.3 is 0 Å². The highest BCUT2D eigenvalue weighted by Crippen LogP contribution is 2.32. The summed E-state index contributed by atoms with van der Waals surface area (Å²) in [6.07, 6.45) is 4.83. The van der Waals surface area contributed by atoms with Crippen LogP contribution in [0.5, 0.6) is 5.75 Å². The number of nitrogens with zero attached hydrogens (tertiary/aromatic N) is 1. The lowest BCUT2D eigenvalue weighted by atomic mass is 9.89. The molecule has 2 atom stereocenters. The number of unbranched alkanes of at least 4 members (excludes halogenated alkanes) is 2. The summed E-state index contributed by atoms with van der Waals surface area (Å²) >= 11 is 0. The second-order valence-corrected chi connectivity index (χ2v) is 7.72. The average molecular weight is 381 g/mol. The Morgan fingerprint density at radius 3 is 2.46 bits per heavy atom. The number of hydrogen-bond donors (Lipinski definition) is 1. The van der Waals surface area contributed by atoms with Crippen LogP contribution in [0.2, 0.25) is 0 Å². The monoisotopic (exact) mass is 380 g/mol. The molecule has 4 nitrogen and oxygen atoms in total. The topological polar surface area (TPSA) is 55.6 Å². The van der Waals surface area contributed by atoms with E-state index in [1.807, 2.05) is 23.1 Å². The van der Waals surface area contributed by atoms with Gasteiger partial charge in [0.05, 0.1) is 7.11 Å². The predicted octanol–water partition coefficient (Wildman–Crippen LogP) is 4.00. The average Bonchev–Trinajstić information content (AvgIpc) is 3.19. The van der Waals surface area contributed by atoms with Crippen molar-refractivity contribution in [3.63, 3.8) is 0 Å². The number of hydrogen-bond acceptors (Lipinski definition) is 3. The normalized spacial score (nSPS) is 19.0. The molecule has 0 aliphatic carbocycles. The maximum absolute atomic E-state index is 12.7. The largest absolute Gasteiger partial charge is 0.497 e. The van der Waals surface area contributed by atoms with Gasteiger partial charge in [-0.15, -0.1) is 0 Å². The summed E-state index contributed by atoms with van der Waals surface area (Å²) in [5.74, 6) is 1.90. The lowest BCUT2D eigenvalue weighted by Crippen LogP contribution is -2.29. The molecule has 4 heteroatoms. The number of methoxy groups -OCH3 is 1. The molecule has 1 aliphatic heterocycles. The molecule has 3 rings (SSSR count). The van der Waals surface area contributed by atoms with Crippen molar-refractivity contribution in [2.24, 2.45) is 11.7 Å². The SMILES string of the molecule is COc1ccc(CCCCCC(=O)N2C[C@@H](CN)[C@H](c3ccccc3)C2)cc1. The number of ether oxygens (including phenoxy) is 1. The molecule has 1 fully saturated rings. The summed E-state index contributed by atoms with van der Waals surface area (Å²) in [7, 11) is 1.68. The first-order valence-electron chi connectivity index (χ1n) is 10.4. The molecule has 1 saturated heterocycles. The molecule has 1 amide bonds. The molecular formula is C24H32N2O2. The van der Waals surface area contributed by atoms with Gasteiger partial charge in [0.1, 0.15) is 5.75 Å². The van der Waals surface area contributed by atoms with E-state index in [1.54, 1.807) is 7.11 Å². The third kappa shape index (κ3) is 5.35. The molecule has 28 heavy (non-hydrogen) atoms. The zero-order valence-electron chi connectivity index (χ0n) is 16.8. The van der Waals surface area contributed by atoms with Gasteiger partial charge in [0.25, 0.3) is 0 Å². The quantitative estimate of drug-likeness (QED) is 0.669. The first-order chi connectivity index (χ1) is 13.7. The summed E-state index contributed by atoms with van der Waals surface area (Å²) in [6, 6.07) is 18.7. The van der Waals surface area contributed by atoms with Crippen molar-refractivity contribution in [3.8, 4) is 5.75 Å². The van der Waals surface area contributed by atoms with Crippen molar-refractivity contribution in [1.29, 1.82) is 0 Å². The fourth-order valence-corrected chi connectivity index (χ4v) is 4.12. The number of benzene rings is 2. The molecular weight excluding hydrogens is 348 g/mol. The van der Waals surface area contributed by atoms with E-state index in [4.69, 9.17) is 10.5 Å². The molecule has 0 saturated carbocycles. The Morgan fingerprint density at radius 1 is 1.04 bits per heavy atom. The van der Waals surface area contributed by atoms with Gasteiger partial charge in [-0.3, -0.25) is 4.79 Å². The number of nitrogens with two attached hydrogens (primary N) is 1. The van der Waals surface area contributed by atoms with E-state index in [0.29, 0.717) is 24.8 Å². The molecule has 2 aromatic carbocycles. The highest BCUT2D eigenvalue weighted by molar-refractivity contribution is 5.76. The molecule has 1 aliphatic rings. The molecule has 0 radical (unpaired) electrons. The second-order valence-electron chi connectivity index (χ2n) is 7.72. The third-order valence-corrected chi connectivity index (χ3v) is 5.84.